The summed E-state index contributed by atoms with van der Waals surface area (Å²) in [4.78, 5) is 4.35. The van der Waals surface area contributed by atoms with E-state index >= 15 is 0 Å². The molecule has 0 radical (unpaired) electrons. The van der Waals surface area contributed by atoms with E-state index < -0.39 is 0 Å². The molecule has 0 spiro atoms. The van der Waals surface area contributed by atoms with E-state index in [-0.39, 0.29) is 12.1 Å². The van der Waals surface area contributed by atoms with Crippen molar-refractivity contribution in [2.75, 3.05) is 6.61 Å². The lowest BCUT2D eigenvalue weighted by atomic mass is 10.1. The SMILES string of the molecule is Cc1ccc(-c2nc(C(N)COC(C)C)no2)cc1C. The Bertz CT molecular complexity index is 578. The van der Waals surface area contributed by atoms with Crippen molar-refractivity contribution >= 4 is 0 Å². The van der Waals surface area contributed by atoms with Gasteiger partial charge in [-0.25, -0.2) is 0 Å². The minimum absolute atomic E-state index is 0.132. The highest BCUT2D eigenvalue weighted by molar-refractivity contribution is 5.55. The lowest BCUT2D eigenvalue weighted by Gasteiger charge is -2.10. The molecular weight excluding hydrogens is 254 g/mol. The molecular formula is C15H21N3O2. The summed E-state index contributed by atoms with van der Waals surface area (Å²) in [5.41, 5.74) is 9.31. The van der Waals surface area contributed by atoms with E-state index in [0.717, 1.165) is 5.56 Å². The van der Waals surface area contributed by atoms with E-state index in [1.807, 2.05) is 32.0 Å². The molecule has 5 nitrogen and oxygen atoms in total. The van der Waals surface area contributed by atoms with Gasteiger partial charge < -0.3 is 15.0 Å². The van der Waals surface area contributed by atoms with Crippen LogP contribution in [0.15, 0.2) is 22.7 Å². The molecule has 2 N–H and O–H groups in total. The van der Waals surface area contributed by atoms with Crippen LogP contribution in [0.25, 0.3) is 11.5 Å². The van der Waals surface area contributed by atoms with Gasteiger partial charge in [0.15, 0.2) is 5.82 Å². The van der Waals surface area contributed by atoms with Gasteiger partial charge in [0.1, 0.15) is 0 Å². The maximum absolute atomic E-state index is 5.98. The third-order valence-corrected chi connectivity index (χ3v) is 3.14. The fraction of sp³-hybridized carbons (Fsp3) is 0.467. The fourth-order valence-electron chi connectivity index (χ4n) is 1.75. The third kappa shape index (κ3) is 3.43. The summed E-state index contributed by atoms with van der Waals surface area (Å²) < 4.78 is 10.7. The van der Waals surface area contributed by atoms with Gasteiger partial charge in [-0.05, 0) is 51.0 Å². The number of rotatable bonds is 5. The molecule has 0 bridgehead atoms. The number of nitrogens with zero attached hydrogens (tertiary/aromatic N) is 2. The molecule has 108 valence electrons. The summed E-state index contributed by atoms with van der Waals surface area (Å²) in [6, 6.07) is 5.66. The van der Waals surface area contributed by atoms with Gasteiger partial charge in [0, 0.05) is 5.56 Å². The Balaban J connectivity index is 2.13. The molecule has 5 heteroatoms. The molecule has 20 heavy (non-hydrogen) atoms. The Hall–Kier alpha value is -1.72. The van der Waals surface area contributed by atoms with Gasteiger partial charge in [-0.1, -0.05) is 11.2 Å². The zero-order chi connectivity index (χ0) is 14.7. The van der Waals surface area contributed by atoms with Crippen LogP contribution in [0, 0.1) is 13.8 Å². The molecule has 1 aromatic heterocycles. The topological polar surface area (TPSA) is 74.2 Å². The van der Waals surface area contributed by atoms with Crippen LogP contribution in [0.1, 0.15) is 36.8 Å². The van der Waals surface area contributed by atoms with Crippen molar-refractivity contribution in [1.29, 1.82) is 0 Å². The standard InChI is InChI=1S/C15H21N3O2/c1-9(2)19-8-13(16)14-17-15(20-18-14)12-6-5-10(3)11(4)7-12/h5-7,9,13H,8,16H2,1-4H3. The van der Waals surface area contributed by atoms with Gasteiger partial charge in [-0.3, -0.25) is 0 Å². The van der Waals surface area contributed by atoms with Crippen molar-refractivity contribution in [3.63, 3.8) is 0 Å². The quantitative estimate of drug-likeness (QED) is 0.908. The average molecular weight is 275 g/mol. The highest BCUT2D eigenvalue weighted by Gasteiger charge is 2.16. The molecule has 1 atom stereocenters. The first-order valence-electron chi connectivity index (χ1n) is 6.75. The molecule has 2 aromatic rings. The van der Waals surface area contributed by atoms with Crippen molar-refractivity contribution in [1.82, 2.24) is 10.1 Å². The molecule has 0 saturated heterocycles. The van der Waals surface area contributed by atoms with Gasteiger partial charge in [-0.2, -0.15) is 4.98 Å². The number of ether oxygens (including phenoxy) is 1. The Kier molecular flexibility index (Phi) is 4.52. The Morgan fingerprint density at radius 2 is 2.00 bits per heavy atom. The molecule has 0 aliphatic rings. The number of aryl methyl sites for hydroxylation is 2. The molecule has 1 aromatic carbocycles. The van der Waals surface area contributed by atoms with Gasteiger partial charge in [-0.15, -0.1) is 0 Å². The summed E-state index contributed by atoms with van der Waals surface area (Å²) in [5, 5.41) is 3.93. The Labute approximate surface area is 119 Å². The van der Waals surface area contributed by atoms with E-state index in [1.165, 1.54) is 11.1 Å². The van der Waals surface area contributed by atoms with Gasteiger partial charge in [0.05, 0.1) is 18.8 Å². The maximum atomic E-state index is 5.98. The summed E-state index contributed by atoms with van der Waals surface area (Å²) in [5.74, 6) is 0.960. The second-order valence-electron chi connectivity index (χ2n) is 5.25. The number of hydrogen-bond donors (Lipinski definition) is 1. The van der Waals surface area contributed by atoms with Crippen molar-refractivity contribution in [3.05, 3.63) is 35.2 Å². The first-order valence-corrected chi connectivity index (χ1v) is 6.75. The van der Waals surface area contributed by atoms with Crippen LogP contribution in [0.4, 0.5) is 0 Å². The predicted octanol–water partition coefficient (Wildman–Crippen LogP) is 2.78. The maximum Gasteiger partial charge on any atom is 0.257 e. The van der Waals surface area contributed by atoms with Crippen LogP contribution >= 0.6 is 0 Å². The van der Waals surface area contributed by atoms with Crippen LogP contribution in [0.3, 0.4) is 0 Å². The Morgan fingerprint density at radius 3 is 2.65 bits per heavy atom. The monoisotopic (exact) mass is 275 g/mol. The number of aromatic nitrogens is 2. The number of hydrogen-bond acceptors (Lipinski definition) is 5. The zero-order valence-corrected chi connectivity index (χ0v) is 12.4. The first-order chi connectivity index (χ1) is 9.47. The summed E-state index contributed by atoms with van der Waals surface area (Å²) >= 11 is 0. The summed E-state index contributed by atoms with van der Waals surface area (Å²) in [7, 11) is 0. The first kappa shape index (κ1) is 14.7. The second kappa shape index (κ2) is 6.15. The van der Waals surface area contributed by atoms with Crippen LogP contribution in [-0.4, -0.2) is 22.9 Å². The van der Waals surface area contributed by atoms with E-state index in [2.05, 4.69) is 24.0 Å². The lowest BCUT2D eigenvalue weighted by molar-refractivity contribution is 0.0665. The van der Waals surface area contributed by atoms with Gasteiger partial charge in [0.25, 0.3) is 5.89 Å². The molecule has 2 rings (SSSR count). The molecule has 1 unspecified atom stereocenters. The van der Waals surface area contributed by atoms with Crippen LogP contribution in [0.5, 0.6) is 0 Å². The van der Waals surface area contributed by atoms with Gasteiger partial charge >= 0.3 is 0 Å². The van der Waals surface area contributed by atoms with Crippen LogP contribution in [-0.2, 0) is 4.74 Å². The molecule has 0 aliphatic heterocycles. The van der Waals surface area contributed by atoms with E-state index in [1.54, 1.807) is 0 Å². The largest absolute Gasteiger partial charge is 0.377 e. The zero-order valence-electron chi connectivity index (χ0n) is 12.4. The molecule has 0 fully saturated rings. The third-order valence-electron chi connectivity index (χ3n) is 3.14. The van der Waals surface area contributed by atoms with Crippen molar-refractivity contribution < 1.29 is 9.26 Å². The van der Waals surface area contributed by atoms with Crippen molar-refractivity contribution in [2.45, 2.75) is 39.8 Å². The Morgan fingerprint density at radius 1 is 1.25 bits per heavy atom. The van der Waals surface area contributed by atoms with E-state index in [4.69, 9.17) is 15.0 Å². The molecule has 1 heterocycles. The normalized spacial score (nSPS) is 12.9. The van der Waals surface area contributed by atoms with E-state index in [9.17, 15) is 0 Å². The van der Waals surface area contributed by atoms with E-state index in [0.29, 0.717) is 18.3 Å². The fourth-order valence-corrected chi connectivity index (χ4v) is 1.75. The van der Waals surface area contributed by atoms with Crippen LogP contribution in [0.2, 0.25) is 0 Å². The number of nitrogens with two attached hydrogens (primary N) is 1. The minimum Gasteiger partial charge on any atom is -0.377 e. The van der Waals surface area contributed by atoms with Crippen LogP contribution < -0.4 is 5.73 Å². The van der Waals surface area contributed by atoms with Gasteiger partial charge in [0.2, 0.25) is 0 Å². The number of benzene rings is 1. The molecule has 0 amide bonds. The molecule has 0 aliphatic carbocycles. The predicted molar refractivity (Wildman–Crippen MR) is 77.2 cm³/mol. The average Bonchev–Trinajstić information content (AvgIpc) is 2.89. The summed E-state index contributed by atoms with van der Waals surface area (Å²) in [6.07, 6.45) is 0.132. The van der Waals surface area contributed by atoms with Crippen molar-refractivity contribution in [3.8, 4) is 11.5 Å². The minimum atomic E-state index is -0.374. The highest BCUT2D eigenvalue weighted by Crippen LogP contribution is 2.21. The molecule has 0 saturated carbocycles. The van der Waals surface area contributed by atoms with Crippen molar-refractivity contribution in [2.24, 2.45) is 5.73 Å². The smallest absolute Gasteiger partial charge is 0.257 e. The lowest BCUT2D eigenvalue weighted by Crippen LogP contribution is -2.20. The summed E-state index contributed by atoms with van der Waals surface area (Å²) in [6.45, 7) is 8.42. The second-order valence-corrected chi connectivity index (χ2v) is 5.25. The highest BCUT2D eigenvalue weighted by atomic mass is 16.5.